The fourth-order valence-corrected chi connectivity index (χ4v) is 1.11. The van der Waals surface area contributed by atoms with Crippen molar-refractivity contribution in [2.45, 2.75) is 6.23 Å². The summed E-state index contributed by atoms with van der Waals surface area (Å²) < 4.78 is 4.90. The highest BCUT2D eigenvalue weighted by Gasteiger charge is 2.12. The fraction of sp³-hybridized carbons (Fsp3) is 0.286. The van der Waals surface area contributed by atoms with Gasteiger partial charge in [-0.2, -0.15) is 0 Å². The maximum Gasteiger partial charge on any atom is 0.171 e. The molecule has 0 aliphatic carbocycles. The minimum atomic E-state index is -1.10. The normalized spacial score (nSPS) is 12.7. The lowest BCUT2D eigenvalue weighted by Crippen LogP contribution is -2.10. The zero-order valence-corrected chi connectivity index (χ0v) is 7.25. The van der Waals surface area contributed by atoms with Gasteiger partial charge < -0.3 is 15.6 Å². The molecule has 0 aromatic carbocycles. The number of rotatable bonds is 2. The minimum Gasteiger partial charge on any atom is -0.493 e. The summed E-state index contributed by atoms with van der Waals surface area (Å²) in [6.45, 7) is 0. The highest BCUT2D eigenvalue weighted by atomic mass is 35.5. The number of methoxy groups -OCH3 is 1. The molecule has 3 N–H and O–H groups in total. The van der Waals surface area contributed by atoms with Crippen LogP contribution in [0, 0.1) is 0 Å². The van der Waals surface area contributed by atoms with E-state index >= 15 is 0 Å². The van der Waals surface area contributed by atoms with E-state index in [1.54, 1.807) is 6.07 Å². The molecule has 0 amide bonds. The molecule has 1 heterocycles. The van der Waals surface area contributed by atoms with E-state index in [1.807, 2.05) is 0 Å². The van der Waals surface area contributed by atoms with E-state index in [2.05, 4.69) is 4.98 Å². The van der Waals surface area contributed by atoms with Crippen LogP contribution in [0.1, 0.15) is 11.8 Å². The molecule has 12 heavy (non-hydrogen) atoms. The average Bonchev–Trinajstić information content (AvgIpc) is 2.03. The van der Waals surface area contributed by atoms with Crippen LogP contribution in [0.25, 0.3) is 0 Å². The first-order chi connectivity index (χ1) is 5.66. The summed E-state index contributed by atoms with van der Waals surface area (Å²) in [5.74, 6) is 0.314. The van der Waals surface area contributed by atoms with Crippen LogP contribution < -0.4 is 10.5 Å². The summed E-state index contributed by atoms with van der Waals surface area (Å²) in [4.78, 5) is 3.77. The largest absolute Gasteiger partial charge is 0.493 e. The Bertz CT molecular complexity index is 278. The van der Waals surface area contributed by atoms with Crippen LogP contribution in [0.15, 0.2) is 12.3 Å². The number of nitrogens with two attached hydrogens (primary N) is 1. The van der Waals surface area contributed by atoms with Gasteiger partial charge in [-0.1, -0.05) is 11.6 Å². The van der Waals surface area contributed by atoms with Crippen LogP contribution in [0.3, 0.4) is 0 Å². The lowest BCUT2D eigenvalue weighted by molar-refractivity contribution is 0.181. The van der Waals surface area contributed by atoms with Gasteiger partial charge in [-0.3, -0.25) is 0 Å². The molecule has 0 aliphatic heterocycles. The molecule has 1 unspecified atom stereocenters. The second-order valence-electron chi connectivity index (χ2n) is 2.17. The van der Waals surface area contributed by atoms with Crippen molar-refractivity contribution >= 4 is 11.6 Å². The third-order valence-corrected chi connectivity index (χ3v) is 1.68. The van der Waals surface area contributed by atoms with E-state index in [0.717, 1.165) is 0 Å². The molecular weight excluding hydrogens is 180 g/mol. The molecule has 1 atom stereocenters. The van der Waals surface area contributed by atoms with Crippen molar-refractivity contribution in [1.82, 2.24) is 4.98 Å². The molecule has 1 aromatic rings. The van der Waals surface area contributed by atoms with E-state index in [1.165, 1.54) is 13.3 Å². The van der Waals surface area contributed by atoms with Gasteiger partial charge in [0.15, 0.2) is 10.9 Å². The van der Waals surface area contributed by atoms with E-state index in [4.69, 9.17) is 27.2 Å². The first kappa shape index (κ1) is 9.25. The van der Waals surface area contributed by atoms with E-state index in [9.17, 15) is 0 Å². The summed E-state index contributed by atoms with van der Waals surface area (Å²) >= 11 is 5.67. The molecule has 0 radical (unpaired) electrons. The number of ether oxygens (including phenoxy) is 1. The minimum absolute atomic E-state index is 0.194. The van der Waals surface area contributed by atoms with Gasteiger partial charge in [0, 0.05) is 11.8 Å². The Morgan fingerprint density at radius 2 is 2.42 bits per heavy atom. The lowest BCUT2D eigenvalue weighted by Gasteiger charge is -2.10. The van der Waals surface area contributed by atoms with Gasteiger partial charge in [-0.25, -0.2) is 4.98 Å². The molecule has 4 nitrogen and oxygen atoms in total. The Kier molecular flexibility index (Phi) is 2.86. The summed E-state index contributed by atoms with van der Waals surface area (Å²) in [6.07, 6.45) is 0.358. The number of aliphatic hydroxyl groups is 1. The lowest BCUT2D eigenvalue weighted by atomic mass is 10.2. The predicted octanol–water partition coefficient (Wildman–Crippen LogP) is 0.693. The first-order valence-corrected chi connectivity index (χ1v) is 3.66. The molecule has 0 aliphatic rings. The third kappa shape index (κ3) is 1.66. The van der Waals surface area contributed by atoms with E-state index < -0.39 is 6.23 Å². The van der Waals surface area contributed by atoms with Crippen LogP contribution in [-0.4, -0.2) is 17.2 Å². The number of aromatic nitrogens is 1. The monoisotopic (exact) mass is 188 g/mol. The Balaban J connectivity index is 3.18. The highest BCUT2D eigenvalue weighted by molar-refractivity contribution is 6.30. The number of pyridine rings is 1. The molecular formula is C7H9ClN2O2. The summed E-state index contributed by atoms with van der Waals surface area (Å²) in [5, 5.41) is 9.27. The number of hydrogen-bond donors (Lipinski definition) is 2. The quantitative estimate of drug-likeness (QED) is 0.530. The SMILES string of the molecule is COc1c(C(N)O)ccnc1Cl. The van der Waals surface area contributed by atoms with Gasteiger partial charge in [0.1, 0.15) is 6.23 Å². The average molecular weight is 189 g/mol. The molecule has 66 valence electrons. The predicted molar refractivity (Wildman–Crippen MR) is 44.9 cm³/mol. The molecule has 0 spiro atoms. The second kappa shape index (κ2) is 3.71. The molecule has 1 rings (SSSR count). The van der Waals surface area contributed by atoms with Crippen LogP contribution in [0.2, 0.25) is 5.15 Å². The Morgan fingerprint density at radius 1 is 1.75 bits per heavy atom. The van der Waals surface area contributed by atoms with Crippen LogP contribution in [0.5, 0.6) is 5.75 Å². The van der Waals surface area contributed by atoms with Gasteiger partial charge in [0.2, 0.25) is 0 Å². The van der Waals surface area contributed by atoms with Crippen molar-refractivity contribution in [3.8, 4) is 5.75 Å². The highest BCUT2D eigenvalue weighted by Crippen LogP contribution is 2.28. The summed E-state index contributed by atoms with van der Waals surface area (Å²) in [5.41, 5.74) is 5.68. The second-order valence-corrected chi connectivity index (χ2v) is 2.53. The Morgan fingerprint density at radius 3 is 2.83 bits per heavy atom. The van der Waals surface area contributed by atoms with Crippen LogP contribution >= 0.6 is 11.6 Å². The Hall–Kier alpha value is -0.840. The number of aliphatic hydroxyl groups excluding tert-OH is 1. The first-order valence-electron chi connectivity index (χ1n) is 3.29. The Labute approximate surface area is 74.9 Å². The molecule has 5 heteroatoms. The van der Waals surface area contributed by atoms with Gasteiger partial charge >= 0.3 is 0 Å². The van der Waals surface area contributed by atoms with Crippen LogP contribution in [0.4, 0.5) is 0 Å². The van der Waals surface area contributed by atoms with E-state index in [0.29, 0.717) is 11.3 Å². The molecule has 1 aromatic heterocycles. The number of halogens is 1. The smallest absolute Gasteiger partial charge is 0.171 e. The fourth-order valence-electron chi connectivity index (χ4n) is 0.871. The maximum atomic E-state index is 9.07. The topological polar surface area (TPSA) is 68.4 Å². The standard InChI is InChI=1S/C7H9ClN2O2/c1-12-5-4(7(9)11)2-3-10-6(5)8/h2-3,7,11H,9H2,1H3. The van der Waals surface area contributed by atoms with E-state index in [-0.39, 0.29) is 5.15 Å². The molecule has 0 saturated heterocycles. The summed E-state index contributed by atoms with van der Waals surface area (Å²) in [7, 11) is 1.44. The summed E-state index contributed by atoms with van der Waals surface area (Å²) in [6, 6.07) is 1.55. The van der Waals surface area contributed by atoms with Crippen molar-refractivity contribution in [1.29, 1.82) is 0 Å². The zero-order chi connectivity index (χ0) is 9.14. The van der Waals surface area contributed by atoms with Crippen molar-refractivity contribution in [2.75, 3.05) is 7.11 Å². The molecule has 0 fully saturated rings. The van der Waals surface area contributed by atoms with Crippen molar-refractivity contribution < 1.29 is 9.84 Å². The zero-order valence-electron chi connectivity index (χ0n) is 6.49. The number of hydrogen-bond acceptors (Lipinski definition) is 4. The van der Waals surface area contributed by atoms with Crippen molar-refractivity contribution in [2.24, 2.45) is 5.73 Å². The van der Waals surface area contributed by atoms with Crippen LogP contribution in [-0.2, 0) is 0 Å². The maximum absolute atomic E-state index is 9.07. The van der Waals surface area contributed by atoms with Crippen molar-refractivity contribution in [3.05, 3.63) is 23.0 Å². The van der Waals surface area contributed by atoms with Gasteiger partial charge in [0.05, 0.1) is 7.11 Å². The van der Waals surface area contributed by atoms with Gasteiger partial charge in [-0.15, -0.1) is 0 Å². The molecule has 0 bridgehead atoms. The third-order valence-electron chi connectivity index (χ3n) is 1.41. The molecule has 0 saturated carbocycles. The van der Waals surface area contributed by atoms with Gasteiger partial charge in [-0.05, 0) is 6.07 Å². The number of nitrogens with zero attached hydrogens (tertiary/aromatic N) is 1. The van der Waals surface area contributed by atoms with Crippen molar-refractivity contribution in [3.63, 3.8) is 0 Å². The van der Waals surface area contributed by atoms with Gasteiger partial charge in [0.25, 0.3) is 0 Å².